The molecule has 0 atom stereocenters. The fraction of sp³-hybridized carbons (Fsp3) is 0.438. The first-order chi connectivity index (χ1) is 9.94. The number of nitrogens with zero attached hydrogens (tertiary/aromatic N) is 1. The lowest BCUT2D eigenvalue weighted by molar-refractivity contribution is -0.149. The third-order valence-electron chi connectivity index (χ3n) is 4.60. The van der Waals surface area contributed by atoms with Crippen molar-refractivity contribution >= 4 is 17.8 Å². The number of benzene rings is 1. The van der Waals surface area contributed by atoms with Crippen LogP contribution in [0.5, 0.6) is 0 Å². The van der Waals surface area contributed by atoms with Crippen molar-refractivity contribution < 1.29 is 19.5 Å². The third-order valence-corrected chi connectivity index (χ3v) is 4.60. The number of amides is 2. The van der Waals surface area contributed by atoms with Crippen LogP contribution in [0.2, 0.25) is 0 Å². The van der Waals surface area contributed by atoms with Gasteiger partial charge in [0.15, 0.2) is 0 Å². The summed E-state index contributed by atoms with van der Waals surface area (Å²) in [5.74, 6) is -1.65. The highest BCUT2D eigenvalue weighted by molar-refractivity contribution is 6.21. The molecule has 0 spiro atoms. The molecule has 0 saturated heterocycles. The minimum absolute atomic E-state index is 0.0201. The van der Waals surface area contributed by atoms with E-state index < -0.39 is 11.4 Å². The van der Waals surface area contributed by atoms with Crippen LogP contribution in [0.1, 0.15) is 52.0 Å². The Hall–Kier alpha value is -2.17. The molecule has 5 nitrogen and oxygen atoms in total. The molecule has 1 saturated carbocycles. The van der Waals surface area contributed by atoms with E-state index in [0.29, 0.717) is 24.0 Å². The van der Waals surface area contributed by atoms with Crippen molar-refractivity contribution in [3.05, 3.63) is 34.9 Å². The second-order valence-corrected chi connectivity index (χ2v) is 6.04. The molecule has 5 heteroatoms. The molecule has 3 rings (SSSR count). The lowest BCUT2D eigenvalue weighted by atomic mass is 9.85. The van der Waals surface area contributed by atoms with Crippen LogP contribution in [0.4, 0.5) is 0 Å². The van der Waals surface area contributed by atoms with Gasteiger partial charge < -0.3 is 5.11 Å². The molecule has 1 aromatic carbocycles. The van der Waals surface area contributed by atoms with Gasteiger partial charge in [-0.05, 0) is 31.9 Å². The van der Waals surface area contributed by atoms with E-state index >= 15 is 0 Å². The zero-order chi connectivity index (χ0) is 15.2. The number of imide groups is 1. The summed E-state index contributed by atoms with van der Waals surface area (Å²) >= 11 is 0. The number of carboxylic acid groups (broad SMARTS) is 1. The van der Waals surface area contributed by atoms with Gasteiger partial charge in [-0.25, -0.2) is 0 Å². The predicted octanol–water partition coefficient (Wildman–Crippen LogP) is 2.24. The molecule has 0 unspecified atom stereocenters. The van der Waals surface area contributed by atoms with Crippen molar-refractivity contribution in [2.75, 3.05) is 6.54 Å². The second-order valence-electron chi connectivity index (χ2n) is 6.04. The Labute approximate surface area is 122 Å². The van der Waals surface area contributed by atoms with Crippen molar-refractivity contribution in [2.45, 2.75) is 32.6 Å². The van der Waals surface area contributed by atoms with Crippen molar-refractivity contribution in [1.82, 2.24) is 4.90 Å². The van der Waals surface area contributed by atoms with Gasteiger partial charge >= 0.3 is 5.97 Å². The molecule has 0 bridgehead atoms. The van der Waals surface area contributed by atoms with Crippen LogP contribution in [0.3, 0.4) is 0 Å². The fourth-order valence-corrected chi connectivity index (χ4v) is 3.34. The fourth-order valence-electron chi connectivity index (χ4n) is 3.34. The molecule has 1 aromatic rings. The minimum atomic E-state index is -0.970. The maximum atomic E-state index is 12.4. The quantitative estimate of drug-likeness (QED) is 0.865. The topological polar surface area (TPSA) is 74.7 Å². The molecule has 0 radical (unpaired) electrons. The van der Waals surface area contributed by atoms with E-state index in [1.54, 1.807) is 18.2 Å². The number of hydrogen-bond acceptors (Lipinski definition) is 3. The Morgan fingerprint density at radius 1 is 1.19 bits per heavy atom. The van der Waals surface area contributed by atoms with Crippen molar-refractivity contribution in [3.8, 4) is 0 Å². The van der Waals surface area contributed by atoms with E-state index in [2.05, 4.69) is 0 Å². The zero-order valence-corrected chi connectivity index (χ0v) is 11.9. The summed E-state index contributed by atoms with van der Waals surface area (Å²) in [5.41, 5.74) is 0.704. The lowest BCUT2D eigenvalue weighted by Gasteiger charge is -2.28. The highest BCUT2D eigenvalue weighted by Crippen LogP contribution is 2.40. The van der Waals surface area contributed by atoms with Crippen molar-refractivity contribution in [3.63, 3.8) is 0 Å². The van der Waals surface area contributed by atoms with Gasteiger partial charge in [-0.15, -0.1) is 0 Å². The monoisotopic (exact) mass is 287 g/mol. The number of rotatable bonds is 3. The Kier molecular flexibility index (Phi) is 3.08. The molecule has 1 aliphatic carbocycles. The summed E-state index contributed by atoms with van der Waals surface area (Å²) < 4.78 is 0. The number of aliphatic carboxylic acids is 1. The molecule has 110 valence electrons. The first-order valence-corrected chi connectivity index (χ1v) is 7.15. The number of hydrogen-bond donors (Lipinski definition) is 1. The summed E-state index contributed by atoms with van der Waals surface area (Å²) in [7, 11) is 0. The number of carbonyl (C=O) groups is 3. The van der Waals surface area contributed by atoms with E-state index in [1.165, 1.54) is 0 Å². The van der Waals surface area contributed by atoms with Gasteiger partial charge in [-0.1, -0.05) is 24.5 Å². The summed E-state index contributed by atoms with van der Waals surface area (Å²) in [6.07, 6.45) is 2.70. The Balaban J connectivity index is 1.93. The van der Waals surface area contributed by atoms with Crippen LogP contribution in [0.25, 0.3) is 0 Å². The average molecular weight is 287 g/mol. The first kappa shape index (κ1) is 13.8. The van der Waals surface area contributed by atoms with Crippen LogP contribution in [-0.2, 0) is 4.79 Å². The first-order valence-electron chi connectivity index (χ1n) is 7.15. The SMILES string of the molecule is Cc1ccc2c(c1)C(=O)N(CC1(C(=O)O)CCCC1)C2=O. The van der Waals surface area contributed by atoms with Gasteiger partial charge in [0, 0.05) is 6.54 Å². The van der Waals surface area contributed by atoms with E-state index in [9.17, 15) is 19.5 Å². The number of fused-ring (bicyclic) bond motifs is 1. The minimum Gasteiger partial charge on any atom is -0.481 e. The predicted molar refractivity (Wildman–Crippen MR) is 75.1 cm³/mol. The van der Waals surface area contributed by atoms with E-state index in [0.717, 1.165) is 23.3 Å². The molecule has 1 N–H and O–H groups in total. The molecule has 2 amide bonds. The van der Waals surface area contributed by atoms with E-state index in [4.69, 9.17) is 0 Å². The maximum Gasteiger partial charge on any atom is 0.311 e. The molecule has 2 aliphatic rings. The second kappa shape index (κ2) is 4.69. The van der Waals surface area contributed by atoms with Gasteiger partial charge in [-0.3, -0.25) is 19.3 Å². The summed E-state index contributed by atoms with van der Waals surface area (Å²) in [6, 6.07) is 5.13. The molecule has 21 heavy (non-hydrogen) atoms. The van der Waals surface area contributed by atoms with Gasteiger partial charge in [-0.2, -0.15) is 0 Å². The Morgan fingerprint density at radius 3 is 2.43 bits per heavy atom. The number of carboxylic acids is 1. The standard InChI is InChI=1S/C16H17NO4/c1-10-4-5-11-12(8-10)14(19)17(13(11)18)9-16(15(20)21)6-2-3-7-16/h4-5,8H,2-3,6-7,9H2,1H3,(H,20,21). The highest BCUT2D eigenvalue weighted by atomic mass is 16.4. The summed E-state index contributed by atoms with van der Waals surface area (Å²) in [6.45, 7) is 1.84. The highest BCUT2D eigenvalue weighted by Gasteiger charge is 2.47. The van der Waals surface area contributed by atoms with Crippen LogP contribution >= 0.6 is 0 Å². The molecule has 1 fully saturated rings. The van der Waals surface area contributed by atoms with Crippen molar-refractivity contribution in [1.29, 1.82) is 0 Å². The van der Waals surface area contributed by atoms with Gasteiger partial charge in [0.1, 0.15) is 0 Å². The largest absolute Gasteiger partial charge is 0.481 e. The lowest BCUT2D eigenvalue weighted by Crippen LogP contribution is -2.44. The Bertz CT molecular complexity index is 644. The van der Waals surface area contributed by atoms with Gasteiger partial charge in [0.2, 0.25) is 0 Å². The molecular formula is C16H17NO4. The smallest absolute Gasteiger partial charge is 0.311 e. The molecular weight excluding hydrogens is 270 g/mol. The van der Waals surface area contributed by atoms with Crippen molar-refractivity contribution in [2.24, 2.45) is 5.41 Å². The van der Waals surface area contributed by atoms with E-state index in [1.807, 2.05) is 6.92 Å². The van der Waals surface area contributed by atoms with Gasteiger partial charge in [0.25, 0.3) is 11.8 Å². The van der Waals surface area contributed by atoms with Crippen LogP contribution < -0.4 is 0 Å². The van der Waals surface area contributed by atoms with Crippen LogP contribution in [0, 0.1) is 12.3 Å². The zero-order valence-electron chi connectivity index (χ0n) is 11.9. The normalized spacial score (nSPS) is 20.0. The molecule has 0 aromatic heterocycles. The molecule has 1 aliphatic heterocycles. The third kappa shape index (κ3) is 2.04. The molecule has 1 heterocycles. The van der Waals surface area contributed by atoms with Crippen LogP contribution in [-0.4, -0.2) is 34.3 Å². The summed E-state index contributed by atoms with van der Waals surface area (Å²) in [4.78, 5) is 37.5. The number of carbonyl (C=O) groups excluding carboxylic acids is 2. The summed E-state index contributed by atoms with van der Waals surface area (Å²) in [5, 5.41) is 9.51. The van der Waals surface area contributed by atoms with Gasteiger partial charge in [0.05, 0.1) is 16.5 Å². The average Bonchev–Trinajstić information content (AvgIpc) is 3.00. The van der Waals surface area contributed by atoms with Crippen LogP contribution in [0.15, 0.2) is 18.2 Å². The number of aryl methyl sites for hydroxylation is 1. The Morgan fingerprint density at radius 2 is 1.81 bits per heavy atom. The van der Waals surface area contributed by atoms with E-state index in [-0.39, 0.29) is 18.4 Å². The maximum absolute atomic E-state index is 12.4.